The summed E-state index contributed by atoms with van der Waals surface area (Å²) in [5, 5.41) is 13.4. The Morgan fingerprint density at radius 3 is 2.50 bits per heavy atom. The van der Waals surface area contributed by atoms with Crippen molar-refractivity contribution in [3.05, 3.63) is 0 Å². The van der Waals surface area contributed by atoms with E-state index in [2.05, 4.69) is 19.2 Å². The van der Waals surface area contributed by atoms with Crippen LogP contribution >= 0.6 is 0 Å². The van der Waals surface area contributed by atoms with Crippen molar-refractivity contribution in [1.82, 2.24) is 5.32 Å². The van der Waals surface area contributed by atoms with E-state index in [9.17, 15) is 5.11 Å². The van der Waals surface area contributed by atoms with Gasteiger partial charge in [0.05, 0.1) is 12.7 Å². The Morgan fingerprint density at radius 2 is 2.12 bits per heavy atom. The molecule has 0 radical (unpaired) electrons. The Bertz CT molecular complexity index is 204. The Morgan fingerprint density at radius 1 is 1.50 bits per heavy atom. The number of ether oxygens (including phenoxy) is 1. The van der Waals surface area contributed by atoms with Crippen LogP contribution in [0, 0.1) is 11.3 Å². The molecule has 1 fully saturated rings. The Kier molecular flexibility index (Phi) is 5.22. The van der Waals surface area contributed by atoms with Crippen molar-refractivity contribution >= 4 is 0 Å². The number of aliphatic hydroxyl groups is 1. The first-order valence-corrected chi connectivity index (χ1v) is 6.44. The van der Waals surface area contributed by atoms with Crippen LogP contribution in [0.5, 0.6) is 0 Å². The van der Waals surface area contributed by atoms with Gasteiger partial charge in [0, 0.05) is 25.1 Å². The fraction of sp³-hybridized carbons (Fsp3) is 1.00. The highest BCUT2D eigenvalue weighted by atomic mass is 16.5. The Labute approximate surface area is 99.6 Å². The molecule has 2 N–H and O–H groups in total. The van der Waals surface area contributed by atoms with Gasteiger partial charge in [-0.25, -0.2) is 0 Å². The first kappa shape index (κ1) is 13.9. The van der Waals surface area contributed by atoms with E-state index in [1.54, 1.807) is 7.11 Å². The molecule has 1 aliphatic rings. The number of methoxy groups -OCH3 is 1. The molecule has 0 saturated heterocycles. The summed E-state index contributed by atoms with van der Waals surface area (Å²) in [6, 6.07) is 0.467. The second kappa shape index (κ2) is 5.99. The molecule has 0 heterocycles. The topological polar surface area (TPSA) is 41.5 Å². The molecule has 0 bridgehead atoms. The fourth-order valence-corrected chi connectivity index (χ4v) is 1.97. The maximum Gasteiger partial charge on any atom is 0.0618 e. The highest BCUT2D eigenvalue weighted by Crippen LogP contribution is 2.33. The first-order valence-electron chi connectivity index (χ1n) is 6.44. The largest absolute Gasteiger partial charge is 0.393 e. The molecule has 1 aliphatic carbocycles. The molecular weight excluding hydrogens is 202 g/mol. The van der Waals surface area contributed by atoms with E-state index in [4.69, 9.17) is 4.74 Å². The molecule has 1 rings (SSSR count). The van der Waals surface area contributed by atoms with Crippen LogP contribution in [0.15, 0.2) is 0 Å². The van der Waals surface area contributed by atoms with Crippen LogP contribution in [0.4, 0.5) is 0 Å². The number of hydrogen-bond donors (Lipinski definition) is 2. The molecule has 3 atom stereocenters. The van der Waals surface area contributed by atoms with Crippen LogP contribution in [0.2, 0.25) is 0 Å². The highest BCUT2D eigenvalue weighted by molar-refractivity contribution is 4.89. The maximum atomic E-state index is 9.80. The Hall–Kier alpha value is -0.120. The lowest BCUT2D eigenvalue weighted by molar-refractivity contribution is 0.0425. The van der Waals surface area contributed by atoms with Crippen molar-refractivity contribution < 1.29 is 9.84 Å². The summed E-state index contributed by atoms with van der Waals surface area (Å²) in [4.78, 5) is 0. The monoisotopic (exact) mass is 229 g/mol. The Balaban J connectivity index is 2.40. The number of hydrogen-bond acceptors (Lipinski definition) is 3. The summed E-state index contributed by atoms with van der Waals surface area (Å²) >= 11 is 0. The average Bonchev–Trinajstić information content (AvgIpc) is 3.07. The molecule has 0 spiro atoms. The van der Waals surface area contributed by atoms with Gasteiger partial charge in [0.15, 0.2) is 0 Å². The van der Waals surface area contributed by atoms with E-state index >= 15 is 0 Å². The van der Waals surface area contributed by atoms with Crippen LogP contribution < -0.4 is 5.32 Å². The van der Waals surface area contributed by atoms with Crippen molar-refractivity contribution in [3.8, 4) is 0 Å². The van der Waals surface area contributed by atoms with Crippen molar-refractivity contribution in [1.29, 1.82) is 0 Å². The maximum absolute atomic E-state index is 9.80. The summed E-state index contributed by atoms with van der Waals surface area (Å²) < 4.78 is 5.24. The van der Waals surface area contributed by atoms with Crippen molar-refractivity contribution in [2.45, 2.75) is 52.2 Å². The van der Waals surface area contributed by atoms with Gasteiger partial charge < -0.3 is 15.2 Å². The van der Waals surface area contributed by atoms with Crippen molar-refractivity contribution in [2.75, 3.05) is 20.3 Å². The van der Waals surface area contributed by atoms with E-state index < -0.39 is 0 Å². The molecule has 1 saturated carbocycles. The molecule has 16 heavy (non-hydrogen) atoms. The molecule has 0 amide bonds. The van der Waals surface area contributed by atoms with Crippen molar-refractivity contribution in [2.24, 2.45) is 11.3 Å². The molecular formula is C13H27NO2. The average molecular weight is 229 g/mol. The van der Waals surface area contributed by atoms with Gasteiger partial charge in [-0.2, -0.15) is 0 Å². The smallest absolute Gasteiger partial charge is 0.0618 e. The number of aliphatic hydroxyl groups excluding tert-OH is 1. The third kappa shape index (κ3) is 3.72. The normalized spacial score (nSPS) is 23.8. The minimum Gasteiger partial charge on any atom is -0.393 e. The lowest BCUT2D eigenvalue weighted by Gasteiger charge is -2.33. The third-order valence-electron chi connectivity index (χ3n) is 4.12. The lowest BCUT2D eigenvalue weighted by Crippen LogP contribution is -2.45. The fourth-order valence-electron chi connectivity index (χ4n) is 1.97. The molecule has 0 aromatic rings. The van der Waals surface area contributed by atoms with Gasteiger partial charge in [-0.3, -0.25) is 0 Å². The van der Waals surface area contributed by atoms with Gasteiger partial charge in [-0.1, -0.05) is 13.8 Å². The van der Waals surface area contributed by atoms with Crippen LogP contribution in [-0.4, -0.2) is 37.5 Å². The van der Waals surface area contributed by atoms with Gasteiger partial charge in [0.25, 0.3) is 0 Å². The summed E-state index contributed by atoms with van der Waals surface area (Å²) in [5.74, 6) is 0.787. The molecule has 0 aromatic heterocycles. The predicted octanol–water partition coefficient (Wildman–Crippen LogP) is 1.80. The quantitative estimate of drug-likeness (QED) is 0.667. The second-order valence-corrected chi connectivity index (χ2v) is 5.46. The molecule has 3 nitrogen and oxygen atoms in total. The van der Waals surface area contributed by atoms with Crippen molar-refractivity contribution in [3.63, 3.8) is 0 Å². The molecule has 3 heteroatoms. The minimum atomic E-state index is -0.271. The molecule has 0 aromatic carbocycles. The van der Waals surface area contributed by atoms with Gasteiger partial charge in [-0.05, 0) is 32.1 Å². The second-order valence-electron chi connectivity index (χ2n) is 5.46. The minimum absolute atomic E-state index is 0.0269. The van der Waals surface area contributed by atoms with Crippen LogP contribution in [0.3, 0.4) is 0 Å². The zero-order valence-corrected chi connectivity index (χ0v) is 11.1. The summed E-state index contributed by atoms with van der Waals surface area (Å²) in [7, 11) is 1.75. The van der Waals surface area contributed by atoms with Gasteiger partial charge >= 0.3 is 0 Å². The highest BCUT2D eigenvalue weighted by Gasteiger charge is 2.34. The summed E-state index contributed by atoms with van der Waals surface area (Å²) in [5.41, 5.74) is -0.0269. The first-order chi connectivity index (χ1) is 7.53. The van der Waals surface area contributed by atoms with Crippen LogP contribution in [0.1, 0.15) is 40.0 Å². The van der Waals surface area contributed by atoms with Gasteiger partial charge in [0.2, 0.25) is 0 Å². The zero-order valence-electron chi connectivity index (χ0n) is 11.1. The lowest BCUT2D eigenvalue weighted by atomic mass is 9.82. The zero-order chi connectivity index (χ0) is 12.2. The molecule has 96 valence electrons. The standard InChI is InChI=1S/C13H27NO2/c1-5-13(3,10(2)15)9-14-12(8-16-4)11-6-7-11/h10-12,14-15H,5-9H2,1-4H3. The number of rotatable bonds is 8. The third-order valence-corrected chi connectivity index (χ3v) is 4.12. The van der Waals surface area contributed by atoms with E-state index in [0.717, 1.165) is 25.5 Å². The SMILES string of the molecule is CCC(C)(CNC(COC)C1CC1)C(C)O. The molecule has 0 aliphatic heterocycles. The van der Waals surface area contributed by atoms with E-state index in [0.29, 0.717) is 6.04 Å². The van der Waals surface area contributed by atoms with E-state index in [-0.39, 0.29) is 11.5 Å². The van der Waals surface area contributed by atoms with Crippen LogP contribution in [0.25, 0.3) is 0 Å². The van der Waals surface area contributed by atoms with Crippen LogP contribution in [-0.2, 0) is 4.74 Å². The number of nitrogens with one attached hydrogen (secondary N) is 1. The van der Waals surface area contributed by atoms with Gasteiger partial charge in [-0.15, -0.1) is 0 Å². The van der Waals surface area contributed by atoms with E-state index in [1.807, 2.05) is 6.92 Å². The summed E-state index contributed by atoms with van der Waals surface area (Å²) in [6.07, 6.45) is 3.35. The van der Waals surface area contributed by atoms with Gasteiger partial charge in [0.1, 0.15) is 0 Å². The molecule has 3 unspecified atom stereocenters. The summed E-state index contributed by atoms with van der Waals surface area (Å²) in [6.45, 7) is 7.81. The van der Waals surface area contributed by atoms with E-state index in [1.165, 1.54) is 12.8 Å². The predicted molar refractivity (Wildman–Crippen MR) is 66.5 cm³/mol.